The molecule has 1 aromatic carbocycles. The molecular formula is C16H26ClNO. The summed E-state index contributed by atoms with van der Waals surface area (Å²) in [5.74, 6) is 1.03. The van der Waals surface area contributed by atoms with Crippen LogP contribution in [-0.4, -0.2) is 30.1 Å². The maximum atomic E-state index is 9.75. The molecule has 1 aliphatic heterocycles. The van der Waals surface area contributed by atoms with Crippen molar-refractivity contribution in [2.45, 2.75) is 38.5 Å². The minimum absolute atomic E-state index is 0. The van der Waals surface area contributed by atoms with E-state index >= 15 is 0 Å². The lowest BCUT2D eigenvalue weighted by Crippen LogP contribution is -2.47. The van der Waals surface area contributed by atoms with Gasteiger partial charge in [0.05, 0.1) is 0 Å². The fourth-order valence-electron chi connectivity index (χ4n) is 3.58. The van der Waals surface area contributed by atoms with Crippen LogP contribution in [0.15, 0.2) is 24.3 Å². The van der Waals surface area contributed by atoms with Crippen LogP contribution >= 0.6 is 12.4 Å². The van der Waals surface area contributed by atoms with Gasteiger partial charge in [-0.05, 0) is 50.0 Å². The summed E-state index contributed by atoms with van der Waals surface area (Å²) in [6.45, 7) is 6.92. The number of hydrogen-bond donors (Lipinski definition) is 1. The molecule has 0 aromatic heterocycles. The van der Waals surface area contributed by atoms with Gasteiger partial charge in [-0.3, -0.25) is 0 Å². The number of hydrogen-bond acceptors (Lipinski definition) is 2. The Morgan fingerprint density at radius 1 is 1.42 bits per heavy atom. The van der Waals surface area contributed by atoms with Crippen molar-refractivity contribution in [3.63, 3.8) is 0 Å². The molecule has 0 aliphatic carbocycles. The summed E-state index contributed by atoms with van der Waals surface area (Å²) in [5.41, 5.74) is 1.57. The normalized spacial score (nSPS) is 27.8. The Kier molecular flexibility index (Phi) is 5.69. The Bertz CT molecular complexity index is 409. The van der Waals surface area contributed by atoms with E-state index in [2.05, 4.69) is 31.9 Å². The van der Waals surface area contributed by atoms with Gasteiger partial charge in [0.15, 0.2) is 0 Å². The molecule has 19 heavy (non-hydrogen) atoms. The van der Waals surface area contributed by atoms with E-state index in [1.54, 1.807) is 6.07 Å². The first-order valence-corrected chi connectivity index (χ1v) is 7.06. The van der Waals surface area contributed by atoms with Crippen molar-refractivity contribution in [2.75, 3.05) is 20.1 Å². The van der Waals surface area contributed by atoms with Crippen molar-refractivity contribution in [1.29, 1.82) is 0 Å². The van der Waals surface area contributed by atoms with Crippen LogP contribution in [0.2, 0.25) is 0 Å². The molecule has 3 heteroatoms. The zero-order valence-corrected chi connectivity index (χ0v) is 13.0. The predicted octanol–water partition coefficient (Wildman–Crippen LogP) is 3.82. The van der Waals surface area contributed by atoms with Gasteiger partial charge < -0.3 is 10.0 Å². The highest BCUT2D eigenvalue weighted by Crippen LogP contribution is 2.43. The van der Waals surface area contributed by atoms with Crippen LogP contribution in [0.3, 0.4) is 0 Å². The lowest BCUT2D eigenvalue weighted by Gasteiger charge is -2.46. The lowest BCUT2D eigenvalue weighted by molar-refractivity contribution is 0.112. The van der Waals surface area contributed by atoms with Gasteiger partial charge in [0.1, 0.15) is 5.75 Å². The number of halogens is 1. The van der Waals surface area contributed by atoms with Gasteiger partial charge >= 0.3 is 0 Å². The number of rotatable bonds is 3. The van der Waals surface area contributed by atoms with Crippen LogP contribution in [0.5, 0.6) is 5.75 Å². The summed E-state index contributed by atoms with van der Waals surface area (Å²) in [4.78, 5) is 2.42. The Morgan fingerprint density at radius 3 is 2.74 bits per heavy atom. The van der Waals surface area contributed by atoms with Crippen molar-refractivity contribution in [3.05, 3.63) is 29.8 Å². The molecule has 2 atom stereocenters. The second kappa shape index (κ2) is 6.62. The minimum atomic E-state index is 0. The fraction of sp³-hybridized carbons (Fsp3) is 0.625. The van der Waals surface area contributed by atoms with E-state index in [1.807, 2.05) is 12.1 Å². The first-order valence-electron chi connectivity index (χ1n) is 7.06. The van der Waals surface area contributed by atoms with Crippen LogP contribution in [0.4, 0.5) is 0 Å². The number of phenols is 1. The van der Waals surface area contributed by atoms with Crippen molar-refractivity contribution < 1.29 is 5.11 Å². The SMILES string of the molecule is CCC[C@@]1(c2cccc(O)c2)CCN(C)CC1C.Cl. The van der Waals surface area contributed by atoms with E-state index in [0.29, 0.717) is 11.7 Å². The highest BCUT2D eigenvalue weighted by molar-refractivity contribution is 5.85. The summed E-state index contributed by atoms with van der Waals surface area (Å²) < 4.78 is 0. The molecule has 0 saturated carbocycles. The van der Waals surface area contributed by atoms with Crippen LogP contribution in [-0.2, 0) is 5.41 Å². The molecule has 1 aromatic rings. The van der Waals surface area contributed by atoms with E-state index in [-0.39, 0.29) is 17.8 Å². The van der Waals surface area contributed by atoms with Gasteiger partial charge in [-0.2, -0.15) is 0 Å². The summed E-state index contributed by atoms with van der Waals surface area (Å²) in [7, 11) is 2.20. The molecule has 2 nitrogen and oxygen atoms in total. The second-order valence-corrected chi connectivity index (χ2v) is 5.87. The van der Waals surface area contributed by atoms with Crippen LogP contribution in [0.25, 0.3) is 0 Å². The Hall–Kier alpha value is -0.730. The number of nitrogens with zero attached hydrogens (tertiary/aromatic N) is 1. The molecule has 0 spiro atoms. The fourth-order valence-corrected chi connectivity index (χ4v) is 3.58. The van der Waals surface area contributed by atoms with Crippen molar-refractivity contribution in [1.82, 2.24) is 4.90 Å². The maximum absolute atomic E-state index is 9.75. The van der Waals surface area contributed by atoms with Crippen molar-refractivity contribution in [2.24, 2.45) is 5.92 Å². The Balaban J connectivity index is 0.00000180. The molecule has 1 fully saturated rings. The predicted molar refractivity (Wildman–Crippen MR) is 83.2 cm³/mol. The number of benzene rings is 1. The Morgan fingerprint density at radius 2 is 2.16 bits per heavy atom. The number of likely N-dealkylation sites (tertiary alicyclic amines) is 1. The maximum Gasteiger partial charge on any atom is 0.115 e. The molecule has 1 heterocycles. The third-order valence-corrected chi connectivity index (χ3v) is 4.59. The van der Waals surface area contributed by atoms with Gasteiger partial charge in [0.2, 0.25) is 0 Å². The zero-order chi connectivity index (χ0) is 13.2. The average molecular weight is 284 g/mol. The van der Waals surface area contributed by atoms with E-state index in [0.717, 1.165) is 13.1 Å². The van der Waals surface area contributed by atoms with E-state index in [9.17, 15) is 5.11 Å². The summed E-state index contributed by atoms with van der Waals surface area (Å²) >= 11 is 0. The van der Waals surface area contributed by atoms with Crippen LogP contribution in [0, 0.1) is 5.92 Å². The molecule has 1 N–H and O–H groups in total. The first-order chi connectivity index (χ1) is 8.58. The molecule has 0 radical (unpaired) electrons. The van der Waals surface area contributed by atoms with Gasteiger partial charge in [-0.1, -0.05) is 32.4 Å². The molecule has 1 unspecified atom stereocenters. The standard InChI is InChI=1S/C16H25NO.ClH/c1-4-8-16(9-10-17(3)12-13(16)2)14-6-5-7-15(18)11-14;/h5-7,11,13,18H,4,8-10,12H2,1-3H3;1H/t13?,16-;/m1./s1. The third kappa shape index (κ3) is 3.24. The molecule has 2 rings (SSSR count). The van der Waals surface area contributed by atoms with Gasteiger partial charge in [0, 0.05) is 12.0 Å². The number of piperidine rings is 1. The van der Waals surface area contributed by atoms with Crippen LogP contribution < -0.4 is 0 Å². The smallest absolute Gasteiger partial charge is 0.115 e. The highest BCUT2D eigenvalue weighted by Gasteiger charge is 2.40. The van der Waals surface area contributed by atoms with Gasteiger partial charge in [-0.25, -0.2) is 0 Å². The highest BCUT2D eigenvalue weighted by atomic mass is 35.5. The van der Waals surface area contributed by atoms with Crippen LogP contribution in [0.1, 0.15) is 38.7 Å². The Labute approximate surface area is 123 Å². The van der Waals surface area contributed by atoms with Crippen molar-refractivity contribution >= 4 is 12.4 Å². The first kappa shape index (κ1) is 16.3. The lowest BCUT2D eigenvalue weighted by atomic mass is 9.64. The van der Waals surface area contributed by atoms with Crippen molar-refractivity contribution in [3.8, 4) is 5.75 Å². The molecular weight excluding hydrogens is 258 g/mol. The molecule has 1 saturated heterocycles. The quantitative estimate of drug-likeness (QED) is 0.911. The summed E-state index contributed by atoms with van der Waals surface area (Å²) in [6.07, 6.45) is 3.61. The largest absolute Gasteiger partial charge is 0.508 e. The van der Waals surface area contributed by atoms with E-state index in [4.69, 9.17) is 0 Å². The molecule has 0 amide bonds. The minimum Gasteiger partial charge on any atom is -0.508 e. The summed E-state index contributed by atoms with van der Waals surface area (Å²) in [5, 5.41) is 9.75. The van der Waals surface area contributed by atoms with E-state index in [1.165, 1.54) is 24.8 Å². The van der Waals surface area contributed by atoms with Gasteiger partial charge in [0.25, 0.3) is 0 Å². The molecule has 108 valence electrons. The topological polar surface area (TPSA) is 23.5 Å². The molecule has 1 aliphatic rings. The average Bonchev–Trinajstić information content (AvgIpc) is 2.33. The molecule has 0 bridgehead atoms. The summed E-state index contributed by atoms with van der Waals surface area (Å²) in [6, 6.07) is 7.91. The third-order valence-electron chi connectivity index (χ3n) is 4.59. The zero-order valence-electron chi connectivity index (χ0n) is 12.2. The number of aromatic hydroxyl groups is 1. The van der Waals surface area contributed by atoms with E-state index < -0.39 is 0 Å². The second-order valence-electron chi connectivity index (χ2n) is 5.87. The number of phenolic OH excluding ortho intramolecular Hbond substituents is 1. The monoisotopic (exact) mass is 283 g/mol. The van der Waals surface area contributed by atoms with Gasteiger partial charge in [-0.15, -0.1) is 12.4 Å².